The van der Waals surface area contributed by atoms with Gasteiger partial charge in [0.2, 0.25) is 18.6 Å². The number of anilines is 1. The second-order valence-electron chi connectivity index (χ2n) is 6.08. The third-order valence-corrected chi connectivity index (χ3v) is 4.19. The lowest BCUT2D eigenvalue weighted by Crippen LogP contribution is -2.28. The van der Waals surface area contributed by atoms with E-state index in [9.17, 15) is 9.18 Å². The lowest BCUT2D eigenvalue weighted by atomic mass is 10.1. The van der Waals surface area contributed by atoms with E-state index in [2.05, 4.69) is 4.98 Å². The molecule has 0 aliphatic rings. The molecule has 3 rings (SSSR count). The van der Waals surface area contributed by atoms with Gasteiger partial charge in [0.15, 0.2) is 0 Å². The molecule has 0 radical (unpaired) electrons. The number of rotatable bonds is 8. The molecule has 1 amide bonds. The molecule has 2 aromatic carbocycles. The van der Waals surface area contributed by atoms with E-state index >= 15 is 0 Å². The Balaban J connectivity index is 1.97. The average molecular weight is 395 g/mol. The van der Waals surface area contributed by atoms with Crippen LogP contribution in [-0.2, 0) is 11.3 Å². The smallest absolute Gasteiger partial charge is 0.243 e. The lowest BCUT2D eigenvalue weighted by molar-refractivity contribution is -0.116. The van der Waals surface area contributed by atoms with Crippen molar-refractivity contribution < 1.29 is 23.4 Å². The van der Waals surface area contributed by atoms with Crippen LogP contribution in [0.5, 0.6) is 23.1 Å². The molecule has 0 fully saturated rings. The molecule has 0 saturated heterocycles. The molecule has 3 aromatic rings. The molecule has 7 heteroatoms. The van der Waals surface area contributed by atoms with E-state index in [-0.39, 0.29) is 18.3 Å². The summed E-state index contributed by atoms with van der Waals surface area (Å²) in [4.78, 5) is 18.2. The van der Waals surface area contributed by atoms with Gasteiger partial charge in [-0.1, -0.05) is 18.2 Å². The van der Waals surface area contributed by atoms with Crippen LogP contribution in [0, 0.1) is 0 Å². The number of methoxy groups -OCH3 is 1. The van der Waals surface area contributed by atoms with Crippen molar-refractivity contribution in [3.8, 4) is 23.1 Å². The van der Waals surface area contributed by atoms with Crippen LogP contribution in [0.1, 0.15) is 12.5 Å². The highest BCUT2D eigenvalue weighted by molar-refractivity contribution is 5.92. The van der Waals surface area contributed by atoms with Gasteiger partial charge < -0.3 is 19.1 Å². The minimum Gasteiger partial charge on any atom is -0.497 e. The van der Waals surface area contributed by atoms with Gasteiger partial charge in [0.1, 0.15) is 22.9 Å². The maximum Gasteiger partial charge on any atom is 0.243 e. The van der Waals surface area contributed by atoms with Crippen molar-refractivity contribution in [1.82, 2.24) is 4.98 Å². The highest BCUT2D eigenvalue weighted by Gasteiger charge is 2.20. The molecule has 1 heterocycles. The fourth-order valence-electron chi connectivity index (χ4n) is 2.81. The number of carbonyl (C=O) groups excluding carboxylic acids is 1. The van der Waals surface area contributed by atoms with Gasteiger partial charge in [0.05, 0.1) is 13.7 Å². The molecule has 29 heavy (non-hydrogen) atoms. The van der Waals surface area contributed by atoms with Crippen molar-refractivity contribution in [1.29, 1.82) is 0 Å². The van der Waals surface area contributed by atoms with E-state index in [1.807, 2.05) is 18.2 Å². The van der Waals surface area contributed by atoms with E-state index in [1.54, 1.807) is 48.7 Å². The van der Waals surface area contributed by atoms with E-state index in [4.69, 9.17) is 14.2 Å². The van der Waals surface area contributed by atoms with Crippen LogP contribution in [0.15, 0.2) is 66.9 Å². The summed E-state index contributed by atoms with van der Waals surface area (Å²) in [5.41, 5.74) is 1.07. The van der Waals surface area contributed by atoms with Crippen molar-refractivity contribution in [3.63, 3.8) is 0 Å². The Morgan fingerprint density at radius 1 is 1.07 bits per heavy atom. The molecular formula is C22H21FN2O4. The first-order valence-electron chi connectivity index (χ1n) is 8.94. The molecule has 0 aliphatic carbocycles. The Morgan fingerprint density at radius 2 is 1.86 bits per heavy atom. The number of hydrogen-bond acceptors (Lipinski definition) is 5. The highest BCUT2D eigenvalue weighted by atomic mass is 18.2. The zero-order valence-electron chi connectivity index (χ0n) is 16.2. The molecule has 150 valence electrons. The summed E-state index contributed by atoms with van der Waals surface area (Å²) in [7, 11) is 1.53. The number of para-hydroxylation sites is 1. The molecule has 0 atom stereocenters. The summed E-state index contributed by atoms with van der Waals surface area (Å²) < 4.78 is 29.0. The third-order valence-electron chi connectivity index (χ3n) is 4.19. The molecular weight excluding hydrogens is 374 g/mol. The van der Waals surface area contributed by atoms with Gasteiger partial charge in [0, 0.05) is 18.7 Å². The minimum absolute atomic E-state index is 0.124. The van der Waals surface area contributed by atoms with Crippen molar-refractivity contribution in [3.05, 3.63) is 72.4 Å². The topological polar surface area (TPSA) is 60.9 Å². The number of hydrogen-bond donors (Lipinski definition) is 0. The van der Waals surface area contributed by atoms with Crippen molar-refractivity contribution >= 4 is 11.6 Å². The largest absolute Gasteiger partial charge is 0.497 e. The summed E-state index contributed by atoms with van der Waals surface area (Å²) in [6.07, 6.45) is 1.59. The monoisotopic (exact) mass is 395 g/mol. The first kappa shape index (κ1) is 20.1. The summed E-state index contributed by atoms with van der Waals surface area (Å²) in [5.74, 6) is 1.55. The number of pyridine rings is 1. The third kappa shape index (κ3) is 5.01. The van der Waals surface area contributed by atoms with Gasteiger partial charge in [-0.05, 0) is 42.5 Å². The Morgan fingerprint density at radius 3 is 2.55 bits per heavy atom. The summed E-state index contributed by atoms with van der Waals surface area (Å²) in [5, 5.41) is 0. The number of carbonyl (C=O) groups is 1. The highest BCUT2D eigenvalue weighted by Crippen LogP contribution is 2.33. The zero-order valence-corrected chi connectivity index (χ0v) is 16.2. The molecule has 0 spiro atoms. The van der Waals surface area contributed by atoms with Crippen LogP contribution in [0.3, 0.4) is 0 Å². The lowest BCUT2D eigenvalue weighted by Gasteiger charge is -2.24. The van der Waals surface area contributed by atoms with Crippen molar-refractivity contribution in [2.45, 2.75) is 13.5 Å². The molecule has 0 saturated carbocycles. The summed E-state index contributed by atoms with van der Waals surface area (Å²) in [6, 6.07) is 17.6. The van der Waals surface area contributed by atoms with Gasteiger partial charge in [-0.3, -0.25) is 4.79 Å². The van der Waals surface area contributed by atoms with Crippen LogP contribution >= 0.6 is 0 Å². The normalized spacial score (nSPS) is 10.3. The molecule has 0 bridgehead atoms. The molecule has 1 aromatic heterocycles. The fourth-order valence-corrected chi connectivity index (χ4v) is 2.81. The Kier molecular flexibility index (Phi) is 6.63. The SMILES string of the molecule is COc1ccc(OC[18F])c(CN(C(C)=O)c2cccnc2Oc2ccccc2)c1. The summed E-state index contributed by atoms with van der Waals surface area (Å²) >= 11 is 0. The maximum absolute atomic E-state index is 12.8. The van der Waals surface area contributed by atoms with Gasteiger partial charge >= 0.3 is 0 Å². The molecule has 0 aliphatic heterocycles. The fraction of sp³-hybridized carbons (Fsp3) is 0.182. The van der Waals surface area contributed by atoms with Crippen molar-refractivity contribution in [2.24, 2.45) is 0 Å². The summed E-state index contributed by atoms with van der Waals surface area (Å²) in [6.45, 7) is 0.586. The number of aromatic nitrogens is 1. The van der Waals surface area contributed by atoms with Crippen LogP contribution in [0.4, 0.5) is 10.1 Å². The second kappa shape index (κ2) is 9.54. The van der Waals surface area contributed by atoms with Gasteiger partial charge in [-0.2, -0.15) is 0 Å². The van der Waals surface area contributed by atoms with Gasteiger partial charge in [0.25, 0.3) is 0 Å². The molecule has 6 nitrogen and oxygen atoms in total. The number of benzene rings is 2. The predicted octanol–water partition coefficient (Wildman–Crippen LogP) is 4.74. The van der Waals surface area contributed by atoms with Crippen LogP contribution in [0.2, 0.25) is 0 Å². The van der Waals surface area contributed by atoms with Gasteiger partial charge in [-0.25, -0.2) is 9.37 Å². The first-order chi connectivity index (χ1) is 14.1. The van der Waals surface area contributed by atoms with E-state index in [0.717, 1.165) is 0 Å². The number of alkyl halides is 1. The number of ether oxygens (including phenoxy) is 3. The average Bonchev–Trinajstić information content (AvgIpc) is 2.74. The number of nitrogens with zero attached hydrogens (tertiary/aromatic N) is 2. The number of amides is 1. The van der Waals surface area contributed by atoms with Crippen LogP contribution in [-0.4, -0.2) is 24.9 Å². The maximum atomic E-state index is 12.8. The van der Waals surface area contributed by atoms with Crippen LogP contribution in [0.25, 0.3) is 0 Å². The Hall–Kier alpha value is -3.61. The van der Waals surface area contributed by atoms with E-state index < -0.39 is 6.86 Å². The first-order valence-corrected chi connectivity index (χ1v) is 8.94. The van der Waals surface area contributed by atoms with Crippen molar-refractivity contribution in [2.75, 3.05) is 18.9 Å². The van der Waals surface area contributed by atoms with Crippen LogP contribution < -0.4 is 19.1 Å². The Labute approximate surface area is 168 Å². The number of halogens is 1. The minimum atomic E-state index is -0.978. The molecule has 0 N–H and O–H groups in total. The van der Waals surface area contributed by atoms with Gasteiger partial charge in [-0.15, -0.1) is 0 Å². The standard InChI is InChI=1S/C22H21FN2O4/c1-16(26)25(14-17-13-19(27-2)10-11-21(17)28-15-23)20-9-6-12-24-22(20)29-18-7-4-3-5-8-18/h3-13H,14-15H2,1-2H3/i23-1. The van der Waals surface area contributed by atoms with E-state index in [0.29, 0.717) is 28.5 Å². The second-order valence-corrected chi connectivity index (χ2v) is 6.08. The van der Waals surface area contributed by atoms with E-state index in [1.165, 1.54) is 18.9 Å². The predicted molar refractivity (Wildman–Crippen MR) is 107 cm³/mol. The zero-order chi connectivity index (χ0) is 20.6. The molecule has 0 unspecified atom stereocenters. The quantitative estimate of drug-likeness (QED) is 0.551. The Bertz CT molecular complexity index is 966.